The summed E-state index contributed by atoms with van der Waals surface area (Å²) >= 11 is 0. The van der Waals surface area contributed by atoms with Gasteiger partial charge in [-0.05, 0) is 6.42 Å². The van der Waals surface area contributed by atoms with E-state index in [9.17, 15) is 18.7 Å². The summed E-state index contributed by atoms with van der Waals surface area (Å²) in [4.78, 5) is 57.9. The normalized spacial score (nSPS) is 14.2. The topological polar surface area (TPSA) is 204 Å². The van der Waals surface area contributed by atoms with E-state index in [1.165, 1.54) is 0 Å². The van der Waals surface area contributed by atoms with Gasteiger partial charge in [-0.15, -0.1) is 0 Å². The molecule has 118 valence electrons. The van der Waals surface area contributed by atoms with Gasteiger partial charge in [0.25, 0.3) is 0 Å². The molecule has 11 nitrogen and oxygen atoms in total. The van der Waals surface area contributed by atoms with Gasteiger partial charge in [-0.1, -0.05) is 0 Å². The predicted octanol–water partition coefficient (Wildman–Crippen LogP) is -2.32. The number of carbonyl (C=O) groups is 2. The fourth-order valence-corrected chi connectivity index (χ4v) is 3.20. The molecule has 0 aliphatic heterocycles. The molecule has 0 saturated carbocycles. The van der Waals surface area contributed by atoms with E-state index in [1.807, 2.05) is 0 Å². The van der Waals surface area contributed by atoms with Gasteiger partial charge < -0.3 is 31.0 Å². The maximum absolute atomic E-state index is 11.2. The second kappa shape index (κ2) is 7.28. The van der Waals surface area contributed by atoms with Gasteiger partial charge in [-0.3, -0.25) is 23.6 Å². The van der Waals surface area contributed by atoms with Gasteiger partial charge in [-0.2, -0.15) is 0 Å². The van der Waals surface area contributed by atoms with E-state index < -0.39 is 45.6 Å². The SMILES string of the molecule is NC(=O)CCC(C(N)=O)N(CP(=O)(O)O)CP(=O)(O)O. The first-order valence-corrected chi connectivity index (χ1v) is 8.82. The number of hydrogen-bond donors (Lipinski definition) is 6. The molecule has 0 rings (SSSR count). The summed E-state index contributed by atoms with van der Waals surface area (Å²) in [5, 5.41) is 0. The molecule has 0 heterocycles. The Labute approximate surface area is 114 Å². The minimum Gasteiger partial charge on any atom is -0.370 e. The molecule has 1 atom stereocenters. The van der Waals surface area contributed by atoms with Crippen molar-refractivity contribution in [2.24, 2.45) is 11.5 Å². The highest BCUT2D eigenvalue weighted by Gasteiger charge is 2.33. The van der Waals surface area contributed by atoms with Crippen LogP contribution in [0, 0.1) is 0 Å². The first-order valence-electron chi connectivity index (χ1n) is 5.22. The lowest BCUT2D eigenvalue weighted by atomic mass is 10.1. The van der Waals surface area contributed by atoms with Crippen molar-refractivity contribution in [1.29, 1.82) is 0 Å². The Hall–Kier alpha value is -0.800. The highest BCUT2D eigenvalue weighted by molar-refractivity contribution is 7.52. The third-order valence-electron chi connectivity index (χ3n) is 2.17. The molecule has 0 fully saturated rings. The molecular formula is C7H17N3O8P2. The number of nitrogens with two attached hydrogens (primary N) is 2. The third-order valence-corrected chi connectivity index (χ3v) is 3.63. The molecule has 0 aromatic carbocycles. The summed E-state index contributed by atoms with van der Waals surface area (Å²) in [5.74, 6) is -1.86. The van der Waals surface area contributed by atoms with Gasteiger partial charge in [0.05, 0.1) is 6.04 Å². The highest BCUT2D eigenvalue weighted by Crippen LogP contribution is 2.42. The highest BCUT2D eigenvalue weighted by atomic mass is 31.2. The first kappa shape index (κ1) is 19.2. The Morgan fingerprint density at radius 1 is 1.00 bits per heavy atom. The van der Waals surface area contributed by atoms with E-state index >= 15 is 0 Å². The van der Waals surface area contributed by atoms with Crippen LogP contribution in [0.4, 0.5) is 0 Å². The number of amides is 2. The van der Waals surface area contributed by atoms with E-state index in [0.29, 0.717) is 4.90 Å². The largest absolute Gasteiger partial charge is 0.370 e. The Morgan fingerprint density at radius 3 is 1.65 bits per heavy atom. The zero-order valence-electron chi connectivity index (χ0n) is 10.3. The van der Waals surface area contributed by atoms with Gasteiger partial charge >= 0.3 is 15.2 Å². The number of carbonyl (C=O) groups excluding carboxylic acids is 2. The number of nitrogens with zero attached hydrogens (tertiary/aromatic N) is 1. The fraction of sp³-hybridized carbons (Fsp3) is 0.714. The zero-order valence-corrected chi connectivity index (χ0v) is 12.1. The summed E-state index contributed by atoms with van der Waals surface area (Å²) in [5.41, 5.74) is 9.90. The van der Waals surface area contributed by atoms with Crippen molar-refractivity contribution in [3.05, 3.63) is 0 Å². The van der Waals surface area contributed by atoms with E-state index in [2.05, 4.69) is 0 Å². The summed E-state index contributed by atoms with van der Waals surface area (Å²) in [6.45, 7) is 0. The van der Waals surface area contributed by atoms with Crippen molar-refractivity contribution in [3.8, 4) is 0 Å². The van der Waals surface area contributed by atoms with Crippen LogP contribution in [0.3, 0.4) is 0 Å². The first-order chi connectivity index (χ1) is 8.82. The Kier molecular flexibility index (Phi) is 6.99. The molecule has 8 N–H and O–H groups in total. The smallest absolute Gasteiger partial charge is 0.339 e. The second-order valence-corrected chi connectivity index (χ2v) is 7.35. The molecule has 1 unspecified atom stereocenters. The van der Waals surface area contributed by atoms with Crippen LogP contribution in [0.1, 0.15) is 12.8 Å². The molecule has 0 aromatic heterocycles. The minimum absolute atomic E-state index is 0.301. The van der Waals surface area contributed by atoms with Crippen molar-refractivity contribution in [3.63, 3.8) is 0 Å². The van der Waals surface area contributed by atoms with E-state index in [1.54, 1.807) is 0 Å². The lowest BCUT2D eigenvalue weighted by molar-refractivity contribution is -0.123. The Balaban J connectivity index is 5.19. The molecular weight excluding hydrogens is 316 g/mol. The summed E-state index contributed by atoms with van der Waals surface area (Å²) in [7, 11) is -9.38. The fourth-order valence-electron chi connectivity index (χ4n) is 1.50. The van der Waals surface area contributed by atoms with Crippen LogP contribution in [0.2, 0.25) is 0 Å². The van der Waals surface area contributed by atoms with Crippen LogP contribution in [0.25, 0.3) is 0 Å². The molecule has 13 heteroatoms. The van der Waals surface area contributed by atoms with Gasteiger partial charge in [0.2, 0.25) is 11.8 Å². The van der Waals surface area contributed by atoms with Crippen LogP contribution in [0.5, 0.6) is 0 Å². The molecule has 0 aromatic rings. The average Bonchev–Trinajstić information content (AvgIpc) is 2.10. The van der Waals surface area contributed by atoms with Crippen molar-refractivity contribution >= 4 is 27.0 Å². The van der Waals surface area contributed by atoms with Crippen LogP contribution >= 0.6 is 15.2 Å². The van der Waals surface area contributed by atoms with E-state index in [0.717, 1.165) is 0 Å². The van der Waals surface area contributed by atoms with Crippen molar-refractivity contribution < 1.29 is 38.3 Å². The summed E-state index contributed by atoms with van der Waals surface area (Å²) < 4.78 is 21.9. The third kappa shape index (κ3) is 9.16. The maximum atomic E-state index is 11.2. The van der Waals surface area contributed by atoms with Crippen molar-refractivity contribution in [2.75, 3.05) is 12.6 Å². The summed E-state index contributed by atoms with van der Waals surface area (Å²) in [6, 6.07) is -1.43. The monoisotopic (exact) mass is 333 g/mol. The predicted molar refractivity (Wildman–Crippen MR) is 67.1 cm³/mol. The molecule has 20 heavy (non-hydrogen) atoms. The van der Waals surface area contributed by atoms with E-state index in [4.69, 9.17) is 31.0 Å². The number of primary amides is 2. The Bertz CT molecular complexity index is 433. The minimum atomic E-state index is -4.69. The van der Waals surface area contributed by atoms with Crippen LogP contribution < -0.4 is 11.5 Å². The quantitative estimate of drug-likeness (QED) is 0.250. The van der Waals surface area contributed by atoms with Gasteiger partial charge in [0.15, 0.2) is 0 Å². The molecule has 0 saturated heterocycles. The average molecular weight is 333 g/mol. The zero-order chi connectivity index (χ0) is 16.1. The number of rotatable bonds is 9. The van der Waals surface area contributed by atoms with Crippen molar-refractivity contribution in [1.82, 2.24) is 4.90 Å². The number of hydrogen-bond acceptors (Lipinski definition) is 5. The second-order valence-electron chi connectivity index (χ2n) is 4.12. The standard InChI is InChI=1S/C7H17N3O8P2/c8-6(11)2-1-5(7(9)12)10(3-19(13,14)15)4-20(16,17)18/h5H,1-4H2,(H2,8,11)(H2,9,12)(H2,13,14,15)(H2,16,17,18). The van der Waals surface area contributed by atoms with Crippen LogP contribution in [-0.4, -0.2) is 54.9 Å². The lowest BCUT2D eigenvalue weighted by Crippen LogP contribution is -2.46. The lowest BCUT2D eigenvalue weighted by Gasteiger charge is -2.29. The van der Waals surface area contributed by atoms with Gasteiger partial charge in [-0.25, -0.2) is 0 Å². The van der Waals surface area contributed by atoms with Crippen LogP contribution in [0.15, 0.2) is 0 Å². The molecule has 0 bridgehead atoms. The molecule has 2 amide bonds. The molecule has 0 aliphatic carbocycles. The Morgan fingerprint density at radius 2 is 1.40 bits per heavy atom. The maximum Gasteiger partial charge on any atom is 0.339 e. The van der Waals surface area contributed by atoms with Gasteiger partial charge in [0, 0.05) is 6.42 Å². The molecule has 0 radical (unpaired) electrons. The summed E-state index contributed by atoms with van der Waals surface area (Å²) in [6.07, 6.45) is -2.79. The van der Waals surface area contributed by atoms with E-state index in [-0.39, 0.29) is 12.8 Å². The molecule has 0 spiro atoms. The van der Waals surface area contributed by atoms with Crippen molar-refractivity contribution in [2.45, 2.75) is 18.9 Å². The van der Waals surface area contributed by atoms with Crippen LogP contribution in [-0.2, 0) is 18.7 Å². The van der Waals surface area contributed by atoms with Gasteiger partial charge in [0.1, 0.15) is 12.6 Å². The molecule has 0 aliphatic rings.